The van der Waals surface area contributed by atoms with Crippen LogP contribution in [-0.4, -0.2) is 14.7 Å². The van der Waals surface area contributed by atoms with Crippen molar-refractivity contribution in [3.63, 3.8) is 0 Å². The molecule has 0 aromatic carbocycles. The number of anilines is 1. The summed E-state index contributed by atoms with van der Waals surface area (Å²) in [5.74, 6) is 0.403. The van der Waals surface area contributed by atoms with Crippen LogP contribution >= 0.6 is 0 Å². The summed E-state index contributed by atoms with van der Waals surface area (Å²) in [6.07, 6.45) is 1.57. The Morgan fingerprint density at radius 1 is 1.89 bits per heavy atom. The van der Waals surface area contributed by atoms with Crippen LogP contribution in [0.3, 0.4) is 0 Å². The third-order valence-corrected chi connectivity index (χ3v) is 1.24. The van der Waals surface area contributed by atoms with Crippen LogP contribution in [0.15, 0.2) is 6.33 Å². The SMILES string of the molecule is Cn1cnc(N)c1CO. The van der Waals surface area contributed by atoms with Crippen LogP contribution in [0.2, 0.25) is 0 Å². The van der Waals surface area contributed by atoms with Crippen molar-refractivity contribution in [1.82, 2.24) is 9.55 Å². The molecule has 0 saturated carbocycles. The summed E-state index contributed by atoms with van der Waals surface area (Å²) in [5.41, 5.74) is 6.02. The third-order valence-electron chi connectivity index (χ3n) is 1.24. The fourth-order valence-corrected chi connectivity index (χ4v) is 0.666. The molecule has 9 heavy (non-hydrogen) atoms. The molecule has 0 aliphatic heterocycles. The Hall–Kier alpha value is -1.03. The first-order chi connectivity index (χ1) is 4.25. The minimum Gasteiger partial charge on any atom is -0.390 e. The molecule has 50 valence electrons. The van der Waals surface area contributed by atoms with Gasteiger partial charge in [-0.1, -0.05) is 0 Å². The highest BCUT2D eigenvalue weighted by Gasteiger charge is 2.00. The van der Waals surface area contributed by atoms with Crippen LogP contribution in [0, 0.1) is 0 Å². The van der Waals surface area contributed by atoms with Crippen LogP contribution in [-0.2, 0) is 13.7 Å². The van der Waals surface area contributed by atoms with Crippen LogP contribution < -0.4 is 5.73 Å². The zero-order valence-corrected chi connectivity index (χ0v) is 5.20. The van der Waals surface area contributed by atoms with Crippen LogP contribution in [0.5, 0.6) is 0 Å². The largest absolute Gasteiger partial charge is 0.390 e. The summed E-state index contributed by atoms with van der Waals surface area (Å²) in [4.78, 5) is 3.77. The molecular weight excluding hydrogens is 118 g/mol. The quantitative estimate of drug-likeness (QED) is 0.534. The zero-order valence-electron chi connectivity index (χ0n) is 5.20. The van der Waals surface area contributed by atoms with E-state index in [2.05, 4.69) is 4.98 Å². The Morgan fingerprint density at radius 3 is 2.78 bits per heavy atom. The van der Waals surface area contributed by atoms with Gasteiger partial charge in [-0.15, -0.1) is 0 Å². The molecule has 0 aliphatic rings. The molecule has 1 heterocycles. The number of hydrogen-bond donors (Lipinski definition) is 2. The highest BCUT2D eigenvalue weighted by atomic mass is 16.3. The first-order valence-electron chi connectivity index (χ1n) is 2.62. The number of nitrogens with zero attached hydrogens (tertiary/aromatic N) is 2. The van der Waals surface area contributed by atoms with E-state index in [4.69, 9.17) is 10.8 Å². The van der Waals surface area contributed by atoms with Gasteiger partial charge in [0, 0.05) is 7.05 Å². The lowest BCUT2D eigenvalue weighted by Gasteiger charge is -1.95. The maximum atomic E-state index is 8.65. The van der Waals surface area contributed by atoms with Gasteiger partial charge in [-0.25, -0.2) is 4.98 Å². The van der Waals surface area contributed by atoms with E-state index >= 15 is 0 Å². The second-order valence-electron chi connectivity index (χ2n) is 1.85. The predicted molar refractivity (Wildman–Crippen MR) is 33.5 cm³/mol. The van der Waals surface area contributed by atoms with Gasteiger partial charge in [0.05, 0.1) is 18.6 Å². The smallest absolute Gasteiger partial charge is 0.147 e. The summed E-state index contributed by atoms with van der Waals surface area (Å²) in [6.45, 7) is -0.0532. The lowest BCUT2D eigenvalue weighted by atomic mass is 10.4. The summed E-state index contributed by atoms with van der Waals surface area (Å²) < 4.78 is 1.69. The van der Waals surface area contributed by atoms with E-state index in [0.717, 1.165) is 0 Å². The minimum absolute atomic E-state index is 0.0532. The monoisotopic (exact) mass is 127 g/mol. The molecule has 1 rings (SSSR count). The molecule has 3 N–H and O–H groups in total. The average Bonchev–Trinajstić information content (AvgIpc) is 2.12. The number of nitrogens with two attached hydrogens (primary N) is 1. The molecule has 0 fully saturated rings. The average molecular weight is 127 g/mol. The standard InChI is InChI=1S/C5H9N3O/c1-8-3-7-5(6)4(8)2-9/h3,9H,2,6H2,1H3. The van der Waals surface area contributed by atoms with Crippen LogP contribution in [0.1, 0.15) is 5.69 Å². The van der Waals surface area contributed by atoms with Crippen molar-refractivity contribution in [3.05, 3.63) is 12.0 Å². The first kappa shape index (κ1) is 6.10. The van der Waals surface area contributed by atoms with Crippen molar-refractivity contribution in [2.75, 3.05) is 5.73 Å². The minimum atomic E-state index is -0.0532. The molecule has 0 spiro atoms. The fourth-order valence-electron chi connectivity index (χ4n) is 0.666. The van der Waals surface area contributed by atoms with Gasteiger partial charge in [-0.2, -0.15) is 0 Å². The summed E-state index contributed by atoms with van der Waals surface area (Å²) in [6, 6.07) is 0. The van der Waals surface area contributed by atoms with Gasteiger partial charge >= 0.3 is 0 Å². The number of hydrogen-bond acceptors (Lipinski definition) is 3. The van der Waals surface area contributed by atoms with Gasteiger partial charge in [0.2, 0.25) is 0 Å². The molecule has 0 aliphatic carbocycles. The molecular formula is C5H9N3O. The van der Waals surface area contributed by atoms with Gasteiger partial charge < -0.3 is 15.4 Å². The lowest BCUT2D eigenvalue weighted by molar-refractivity contribution is 0.273. The molecule has 0 radical (unpaired) electrons. The Labute approximate surface area is 52.9 Å². The number of aryl methyl sites for hydroxylation is 1. The van der Waals surface area contributed by atoms with Gasteiger partial charge in [0.15, 0.2) is 0 Å². The Morgan fingerprint density at radius 2 is 2.56 bits per heavy atom. The van der Waals surface area contributed by atoms with Crippen molar-refractivity contribution in [1.29, 1.82) is 0 Å². The lowest BCUT2D eigenvalue weighted by Crippen LogP contribution is -1.97. The molecule has 1 aromatic rings. The molecule has 4 heteroatoms. The second kappa shape index (κ2) is 2.06. The molecule has 4 nitrogen and oxygen atoms in total. The molecule has 0 amide bonds. The molecule has 0 bridgehead atoms. The second-order valence-corrected chi connectivity index (χ2v) is 1.85. The number of rotatable bonds is 1. The van der Waals surface area contributed by atoms with Crippen molar-refractivity contribution in [3.8, 4) is 0 Å². The van der Waals surface area contributed by atoms with Crippen molar-refractivity contribution < 1.29 is 5.11 Å². The molecule has 0 unspecified atom stereocenters. The number of nitrogen functional groups attached to an aromatic ring is 1. The third kappa shape index (κ3) is 0.882. The van der Waals surface area contributed by atoms with E-state index in [-0.39, 0.29) is 6.61 Å². The zero-order chi connectivity index (χ0) is 6.85. The van der Waals surface area contributed by atoms with E-state index < -0.39 is 0 Å². The summed E-state index contributed by atoms with van der Waals surface area (Å²) in [5, 5.41) is 8.65. The van der Waals surface area contributed by atoms with Crippen LogP contribution in [0.25, 0.3) is 0 Å². The maximum absolute atomic E-state index is 8.65. The van der Waals surface area contributed by atoms with E-state index in [1.165, 1.54) is 0 Å². The van der Waals surface area contributed by atoms with E-state index in [1.807, 2.05) is 0 Å². The summed E-state index contributed by atoms with van der Waals surface area (Å²) in [7, 11) is 1.79. The topological polar surface area (TPSA) is 64.1 Å². The van der Waals surface area contributed by atoms with Crippen LogP contribution in [0.4, 0.5) is 5.82 Å². The van der Waals surface area contributed by atoms with Gasteiger partial charge in [0.25, 0.3) is 0 Å². The Balaban J connectivity index is 3.07. The molecule has 0 atom stereocenters. The van der Waals surface area contributed by atoms with E-state index in [9.17, 15) is 0 Å². The summed E-state index contributed by atoms with van der Waals surface area (Å²) >= 11 is 0. The number of imidazole rings is 1. The van der Waals surface area contributed by atoms with E-state index in [1.54, 1.807) is 17.9 Å². The first-order valence-corrected chi connectivity index (χ1v) is 2.62. The highest BCUT2D eigenvalue weighted by molar-refractivity contribution is 5.33. The normalized spacial score (nSPS) is 10.0. The Kier molecular flexibility index (Phi) is 1.40. The predicted octanol–water partition coefficient (Wildman–Crippen LogP) is -0.505. The highest BCUT2D eigenvalue weighted by Crippen LogP contribution is 2.05. The molecule has 1 aromatic heterocycles. The van der Waals surface area contributed by atoms with Crippen molar-refractivity contribution >= 4 is 5.82 Å². The van der Waals surface area contributed by atoms with Gasteiger partial charge in [-0.3, -0.25) is 0 Å². The number of aromatic nitrogens is 2. The number of aliphatic hydroxyl groups is 1. The van der Waals surface area contributed by atoms with Gasteiger partial charge in [0.1, 0.15) is 5.82 Å². The molecule has 0 saturated heterocycles. The van der Waals surface area contributed by atoms with Crippen molar-refractivity contribution in [2.24, 2.45) is 7.05 Å². The van der Waals surface area contributed by atoms with Crippen molar-refractivity contribution in [2.45, 2.75) is 6.61 Å². The maximum Gasteiger partial charge on any atom is 0.147 e. The van der Waals surface area contributed by atoms with E-state index in [0.29, 0.717) is 11.5 Å². The Bertz CT molecular complexity index is 186. The fraction of sp³-hybridized carbons (Fsp3) is 0.400. The van der Waals surface area contributed by atoms with Gasteiger partial charge in [-0.05, 0) is 0 Å². The number of aliphatic hydroxyl groups excluding tert-OH is 1.